The predicted molar refractivity (Wildman–Crippen MR) is 355 cm³/mol. The number of likely N-dealkylation sites (tertiary alicyclic amines) is 1. The van der Waals surface area contributed by atoms with Crippen LogP contribution in [0.4, 0.5) is 5.82 Å². The molecule has 0 unspecified atom stereocenters. The normalized spacial score (nSPS) is 15.2. The van der Waals surface area contributed by atoms with Gasteiger partial charge in [0.05, 0.1) is 18.8 Å². The van der Waals surface area contributed by atoms with E-state index in [1.54, 1.807) is 0 Å². The summed E-state index contributed by atoms with van der Waals surface area (Å²) in [7, 11) is -2.22. The summed E-state index contributed by atoms with van der Waals surface area (Å²) in [6, 6.07) is 85.0. The topological polar surface area (TPSA) is 106 Å². The van der Waals surface area contributed by atoms with E-state index in [9.17, 15) is 5.11 Å². The molecule has 87 heavy (non-hydrogen) atoms. The minimum absolute atomic E-state index is 0.0775. The van der Waals surface area contributed by atoms with Crippen LogP contribution in [0.5, 0.6) is 5.75 Å². The van der Waals surface area contributed by atoms with Gasteiger partial charge in [0.1, 0.15) is 28.2 Å². The molecule has 0 saturated carbocycles. The van der Waals surface area contributed by atoms with Gasteiger partial charge in [-0.15, -0.1) is 5.10 Å². The summed E-state index contributed by atoms with van der Waals surface area (Å²) in [5.41, 5.74) is 11.6. The Bertz CT molecular complexity index is 3830. The van der Waals surface area contributed by atoms with Crippen LogP contribution in [0.3, 0.4) is 0 Å². The molecule has 2 atom stereocenters. The number of hydrogen-bond acceptors (Lipinski definition) is 8. The number of fused-ring (bicyclic) bond motifs is 1. The first-order valence-electron chi connectivity index (χ1n) is 30.8. The van der Waals surface area contributed by atoms with Gasteiger partial charge in [0.25, 0.3) is 8.32 Å². The van der Waals surface area contributed by atoms with Crippen LogP contribution in [0.2, 0.25) is 16.6 Å². The third-order valence-electron chi connectivity index (χ3n) is 18.1. The molecule has 1 aliphatic heterocycles. The van der Waals surface area contributed by atoms with Crippen molar-refractivity contribution in [3.8, 4) is 5.75 Å². The molecule has 0 radical (unpaired) electrons. The number of pyridine rings is 1. The van der Waals surface area contributed by atoms with E-state index in [1.165, 1.54) is 5.56 Å². The predicted octanol–water partition coefficient (Wildman–Crippen LogP) is 15.8. The Labute approximate surface area is 514 Å². The van der Waals surface area contributed by atoms with Gasteiger partial charge in [-0.05, 0) is 91.3 Å². The van der Waals surface area contributed by atoms with Crippen molar-refractivity contribution in [1.29, 1.82) is 0 Å². The minimum atomic E-state index is -2.22. The summed E-state index contributed by atoms with van der Waals surface area (Å²) in [4.78, 5) is 8.20. The average Bonchev–Trinajstić information content (AvgIpc) is 1.71. The van der Waals surface area contributed by atoms with E-state index in [1.807, 2.05) is 21.6 Å². The van der Waals surface area contributed by atoms with Gasteiger partial charge in [0, 0.05) is 42.9 Å². The summed E-state index contributed by atoms with van der Waals surface area (Å²) in [6.07, 6.45) is 6.75. The molecular weight excluding hydrogens is 1080 g/mol. The highest BCUT2D eigenvalue weighted by atomic mass is 28.4. The third-order valence-corrected chi connectivity index (χ3v) is 24.1. The summed E-state index contributed by atoms with van der Waals surface area (Å²) in [6.45, 7) is 16.3. The van der Waals surface area contributed by atoms with Gasteiger partial charge >= 0.3 is 0 Å². The lowest BCUT2D eigenvalue weighted by Gasteiger charge is -2.42. The lowest BCUT2D eigenvalue weighted by molar-refractivity contribution is 0.142. The van der Waals surface area contributed by atoms with Crippen LogP contribution < -0.4 is 9.74 Å². The van der Waals surface area contributed by atoms with Crippen molar-refractivity contribution >= 4 is 30.9 Å². The molecule has 0 amide bonds. The molecule has 11 heteroatoms. The number of rotatable bonds is 22. The number of nitrogens with one attached hydrogen (secondary N) is 1. The number of aliphatic hydroxyl groups excluding tert-OH is 1. The molecule has 2 N–H and O–H groups in total. The van der Waals surface area contributed by atoms with E-state index in [2.05, 4.69) is 301 Å². The minimum Gasteiger partial charge on any atom is -0.543 e. The molecule has 0 spiro atoms. The number of nitrogens with zero attached hydrogens (tertiary/aromatic N) is 7. The van der Waals surface area contributed by atoms with Crippen molar-refractivity contribution in [2.75, 3.05) is 25.0 Å². The largest absolute Gasteiger partial charge is 0.543 e. The van der Waals surface area contributed by atoms with Crippen molar-refractivity contribution in [3.63, 3.8) is 0 Å². The first-order valence-corrected chi connectivity index (χ1v) is 32.9. The standard InChI is InChI=1S/C76H78N8O2Si/c1-55(2)87(56(3)4,57(5)6)86-68-44-28-31-59(48-68)51-83-53-61(50-77-83)69(45-46-82-52-60(71(85)54-82)47-58-29-14-7-15-30-58)70-49-72(79-75(62-32-16-8-17-33-62,63-34-18-9-19-35-63)64-36-20-10-21-37-64)78-74-73(70)80-81-84(74)76(65-38-22-11-23-39-65,66-40-24-12-25-41-66)67-42-26-13-27-43-67/h7-45,48-50,53,55-57,60,71,85H,46-47,51-52,54H2,1-6H3,(H,78,79)/b69-45+/t60-,71-/m0/s1. The molecule has 0 bridgehead atoms. The monoisotopic (exact) mass is 1160 g/mol. The molecule has 4 heterocycles. The number of aromatic nitrogens is 6. The highest BCUT2D eigenvalue weighted by Crippen LogP contribution is 2.46. The van der Waals surface area contributed by atoms with Gasteiger partial charge in [-0.25, -0.2) is 9.67 Å². The number of β-amino-alcohol motifs (C(OH)–C–C–N with tert-alkyl or cyclic N) is 1. The van der Waals surface area contributed by atoms with E-state index in [-0.39, 0.29) is 5.92 Å². The Kier molecular flexibility index (Phi) is 17.1. The highest BCUT2D eigenvalue weighted by molar-refractivity contribution is 6.78. The summed E-state index contributed by atoms with van der Waals surface area (Å²) in [5, 5.41) is 31.8. The fourth-order valence-corrected chi connectivity index (χ4v) is 19.4. The number of benzene rings is 8. The van der Waals surface area contributed by atoms with Crippen molar-refractivity contribution < 1.29 is 9.53 Å². The van der Waals surface area contributed by atoms with Crippen molar-refractivity contribution in [1.82, 2.24) is 34.7 Å². The molecular formula is C76H78N8O2Si. The van der Waals surface area contributed by atoms with Crippen LogP contribution in [0, 0.1) is 5.92 Å². The quantitative estimate of drug-likeness (QED) is 0.0511. The van der Waals surface area contributed by atoms with Gasteiger partial charge in [-0.2, -0.15) is 5.10 Å². The number of anilines is 1. The van der Waals surface area contributed by atoms with Crippen molar-refractivity contribution in [2.24, 2.45) is 5.92 Å². The zero-order valence-corrected chi connectivity index (χ0v) is 51.7. The summed E-state index contributed by atoms with van der Waals surface area (Å²) >= 11 is 0. The Morgan fingerprint density at radius 1 is 0.598 bits per heavy atom. The first kappa shape index (κ1) is 58.4. The maximum Gasteiger partial charge on any atom is 0.258 e. The molecule has 11 aromatic rings. The molecule has 1 fully saturated rings. The SMILES string of the molecule is CC(C)[Si](Oc1cccc(Cn2cc(/C(=C\CN3C[C@H](Cc4ccccc4)[C@@H](O)C3)c3cc(NC(c4ccccc4)(c4ccccc4)c4ccccc4)nc4c3nnn4C(c3ccccc3)(c3ccccc3)c3ccccc3)cn2)c1)(C(C)C)C(C)C. The lowest BCUT2D eigenvalue weighted by Crippen LogP contribution is -2.50. The van der Waals surface area contributed by atoms with Gasteiger partial charge in [-0.1, -0.05) is 277 Å². The fourth-order valence-electron chi connectivity index (χ4n) is 14.1. The smallest absolute Gasteiger partial charge is 0.258 e. The van der Waals surface area contributed by atoms with Crippen LogP contribution in [0.1, 0.15) is 97.2 Å². The second kappa shape index (κ2) is 25.5. The molecule has 8 aromatic carbocycles. The van der Waals surface area contributed by atoms with Gasteiger partial charge in [0.15, 0.2) is 5.65 Å². The average molecular weight is 1160 g/mol. The van der Waals surface area contributed by atoms with Crippen LogP contribution in [-0.4, -0.2) is 73.8 Å². The van der Waals surface area contributed by atoms with Gasteiger partial charge in [0.2, 0.25) is 0 Å². The molecule has 10 nitrogen and oxygen atoms in total. The third kappa shape index (κ3) is 11.5. The number of aliphatic hydroxyl groups is 1. The fraction of sp³-hybridized carbons (Fsp3) is 0.237. The first-order chi connectivity index (χ1) is 42.5. The van der Waals surface area contributed by atoms with Crippen LogP contribution in [0.25, 0.3) is 16.7 Å². The Morgan fingerprint density at radius 3 is 1.59 bits per heavy atom. The maximum atomic E-state index is 11.7. The molecule has 3 aromatic heterocycles. The molecule has 1 saturated heterocycles. The highest BCUT2D eigenvalue weighted by Gasteiger charge is 2.47. The van der Waals surface area contributed by atoms with Crippen molar-refractivity contribution in [3.05, 3.63) is 317 Å². The molecule has 1 aliphatic rings. The lowest BCUT2D eigenvalue weighted by atomic mass is 9.77. The second-order valence-corrected chi connectivity index (χ2v) is 29.7. The van der Waals surface area contributed by atoms with Gasteiger partial charge < -0.3 is 14.8 Å². The molecule has 438 valence electrons. The van der Waals surface area contributed by atoms with Crippen LogP contribution in [0.15, 0.2) is 261 Å². The molecule has 0 aliphatic carbocycles. The Balaban J connectivity index is 1.08. The second-order valence-electron chi connectivity index (χ2n) is 24.4. The Hall–Kier alpha value is -9.00. The van der Waals surface area contributed by atoms with E-state index in [0.717, 1.165) is 74.4 Å². The van der Waals surface area contributed by atoms with E-state index >= 15 is 0 Å². The van der Waals surface area contributed by atoms with Gasteiger partial charge in [-0.3, -0.25) is 9.58 Å². The van der Waals surface area contributed by atoms with E-state index in [4.69, 9.17) is 24.8 Å². The summed E-state index contributed by atoms with van der Waals surface area (Å²) < 4.78 is 11.3. The van der Waals surface area contributed by atoms with Crippen LogP contribution >= 0.6 is 0 Å². The number of hydrogen-bond donors (Lipinski definition) is 2. The summed E-state index contributed by atoms with van der Waals surface area (Å²) in [5.74, 6) is 1.60. The van der Waals surface area contributed by atoms with Crippen molar-refractivity contribution in [2.45, 2.75) is 88.3 Å². The zero-order chi connectivity index (χ0) is 60.0. The maximum absolute atomic E-state index is 11.7. The Morgan fingerprint density at radius 2 is 1.08 bits per heavy atom. The van der Waals surface area contributed by atoms with E-state index < -0.39 is 25.5 Å². The molecule has 12 rings (SSSR count). The zero-order valence-electron chi connectivity index (χ0n) is 50.7. The van der Waals surface area contributed by atoms with Crippen LogP contribution in [-0.2, 0) is 24.0 Å². The van der Waals surface area contributed by atoms with E-state index in [0.29, 0.717) is 53.2 Å².